The van der Waals surface area contributed by atoms with Crippen LogP contribution in [0.4, 0.5) is 5.69 Å². The molecule has 1 aromatic heterocycles. The molecule has 0 saturated heterocycles. The number of nitro groups is 1. The third-order valence-corrected chi connectivity index (χ3v) is 7.07. The molecule has 0 fully saturated rings. The van der Waals surface area contributed by atoms with Crippen molar-refractivity contribution in [2.75, 3.05) is 0 Å². The summed E-state index contributed by atoms with van der Waals surface area (Å²) in [6.07, 6.45) is 2.43. The maximum Gasteiger partial charge on any atom is 0.271 e. The van der Waals surface area contributed by atoms with Crippen molar-refractivity contribution in [1.82, 2.24) is 15.0 Å². The summed E-state index contributed by atoms with van der Waals surface area (Å²) in [6.45, 7) is 3.99. The maximum atomic E-state index is 13.3. The van der Waals surface area contributed by atoms with E-state index in [0.29, 0.717) is 46.9 Å². The van der Waals surface area contributed by atoms with Crippen molar-refractivity contribution in [1.29, 1.82) is 5.26 Å². The van der Waals surface area contributed by atoms with E-state index >= 15 is 0 Å². The van der Waals surface area contributed by atoms with E-state index in [-0.39, 0.29) is 34.9 Å². The molecule has 0 amide bonds. The molecule has 2 N–H and O–H groups in total. The van der Waals surface area contributed by atoms with Gasteiger partial charge in [-0.1, -0.05) is 41.1 Å². The summed E-state index contributed by atoms with van der Waals surface area (Å²) in [5, 5.41) is 29.3. The number of Topliss-reactive ketones (excluding diaryl/α,β-unsaturated/α-hetero) is 1. The number of nitrogens with zero attached hydrogens (tertiary/aromatic N) is 5. The first-order chi connectivity index (χ1) is 18.6. The molecule has 39 heavy (non-hydrogen) atoms. The highest BCUT2D eigenvalue weighted by Crippen LogP contribution is 2.49. The first kappa shape index (κ1) is 26.1. The van der Waals surface area contributed by atoms with Crippen LogP contribution in [0, 0.1) is 26.9 Å². The van der Waals surface area contributed by atoms with Gasteiger partial charge >= 0.3 is 0 Å². The van der Waals surface area contributed by atoms with Crippen molar-refractivity contribution in [3.8, 4) is 17.5 Å². The second kappa shape index (κ2) is 9.99. The lowest BCUT2D eigenvalue weighted by Gasteiger charge is -2.37. The van der Waals surface area contributed by atoms with Crippen molar-refractivity contribution in [3.05, 3.63) is 97.3 Å². The number of nitriles is 1. The molecule has 12 heteroatoms. The zero-order chi connectivity index (χ0) is 27.9. The summed E-state index contributed by atoms with van der Waals surface area (Å²) < 4.78 is 14.1. The Morgan fingerprint density at radius 2 is 2.10 bits per heavy atom. The summed E-state index contributed by atoms with van der Waals surface area (Å²) >= 11 is 3.49. The van der Waals surface area contributed by atoms with Gasteiger partial charge in [0, 0.05) is 40.6 Å². The van der Waals surface area contributed by atoms with E-state index < -0.39 is 10.8 Å². The van der Waals surface area contributed by atoms with Crippen molar-refractivity contribution in [3.63, 3.8) is 0 Å². The Kier molecular flexibility index (Phi) is 6.69. The molecule has 1 aliphatic heterocycles. The Morgan fingerprint density at radius 1 is 1.31 bits per heavy atom. The van der Waals surface area contributed by atoms with Gasteiger partial charge in [0.25, 0.3) is 5.69 Å². The number of rotatable bonds is 6. The lowest BCUT2D eigenvalue weighted by Crippen LogP contribution is -2.33. The number of halogens is 1. The van der Waals surface area contributed by atoms with E-state index in [1.807, 2.05) is 13.8 Å². The lowest BCUT2D eigenvalue weighted by molar-refractivity contribution is -0.384. The molecule has 1 unspecified atom stereocenters. The minimum atomic E-state index is -0.754. The van der Waals surface area contributed by atoms with Gasteiger partial charge in [-0.25, -0.2) is 4.68 Å². The predicted octanol–water partition coefficient (Wildman–Crippen LogP) is 4.97. The van der Waals surface area contributed by atoms with Crippen LogP contribution in [0.1, 0.15) is 43.9 Å². The average Bonchev–Trinajstić information content (AvgIpc) is 3.35. The molecule has 2 aromatic carbocycles. The Bertz CT molecular complexity index is 1620. The molecular formula is C27H23BrN6O5. The number of ether oxygens (including phenoxy) is 2. The fourth-order valence-electron chi connectivity index (χ4n) is 4.86. The number of carbonyl (C=O) groups excluding carboxylic acids is 1. The van der Waals surface area contributed by atoms with Crippen LogP contribution in [0.15, 0.2) is 75.9 Å². The highest BCUT2D eigenvalue weighted by molar-refractivity contribution is 9.10. The number of nitrogens with two attached hydrogens (primary N) is 1. The van der Waals surface area contributed by atoms with Crippen LogP contribution < -0.4 is 10.5 Å². The SMILES string of the molecule is CC1(C)CC(=O)C2=C(C1)OC(N)=C(C#N)C2c1cc(Br)ccc1OCc1cn(-c2cccc([N+](=O)[O-])c2)nn1. The average molecular weight is 591 g/mol. The first-order valence-electron chi connectivity index (χ1n) is 12.0. The van der Waals surface area contributed by atoms with Crippen LogP contribution in [0.25, 0.3) is 5.69 Å². The van der Waals surface area contributed by atoms with Gasteiger partial charge in [0.2, 0.25) is 5.88 Å². The molecule has 0 radical (unpaired) electrons. The summed E-state index contributed by atoms with van der Waals surface area (Å²) in [5.41, 5.74) is 7.89. The number of aromatic nitrogens is 3. The maximum absolute atomic E-state index is 13.3. The number of hydrogen-bond acceptors (Lipinski definition) is 9. The van der Waals surface area contributed by atoms with E-state index in [9.17, 15) is 20.2 Å². The Balaban J connectivity index is 1.48. The van der Waals surface area contributed by atoms with E-state index in [2.05, 4.69) is 32.3 Å². The first-order valence-corrected chi connectivity index (χ1v) is 12.8. The molecular weight excluding hydrogens is 568 g/mol. The smallest absolute Gasteiger partial charge is 0.271 e. The molecule has 0 saturated carbocycles. The number of non-ortho nitro benzene ring substituents is 1. The standard InChI is InChI=1S/C27H23BrN6O5/c1-27(2)10-21(35)25-23(11-27)39-26(30)20(12-29)24(25)19-8-15(28)6-7-22(19)38-14-16-13-33(32-31-16)17-4-3-5-18(9-17)34(36)37/h3-9,13,24H,10-11,14,30H2,1-2H3. The van der Waals surface area contributed by atoms with Gasteiger partial charge in [-0.05, 0) is 29.7 Å². The number of ketones is 1. The lowest BCUT2D eigenvalue weighted by atomic mass is 9.70. The molecule has 2 aliphatic rings. The molecule has 3 aromatic rings. The zero-order valence-corrected chi connectivity index (χ0v) is 22.6. The molecule has 0 bridgehead atoms. The van der Waals surface area contributed by atoms with Crippen molar-refractivity contribution < 1.29 is 19.2 Å². The molecule has 11 nitrogen and oxygen atoms in total. The van der Waals surface area contributed by atoms with Crippen LogP contribution in [0.3, 0.4) is 0 Å². The van der Waals surface area contributed by atoms with Gasteiger partial charge in [-0.3, -0.25) is 14.9 Å². The van der Waals surface area contributed by atoms with Gasteiger partial charge in [0.05, 0.1) is 22.7 Å². The number of carbonyl (C=O) groups is 1. The van der Waals surface area contributed by atoms with Crippen molar-refractivity contribution in [2.24, 2.45) is 11.1 Å². The third kappa shape index (κ3) is 5.13. The van der Waals surface area contributed by atoms with Gasteiger partial charge < -0.3 is 15.2 Å². The monoisotopic (exact) mass is 590 g/mol. The van der Waals surface area contributed by atoms with Crippen LogP contribution in [0.5, 0.6) is 5.75 Å². The summed E-state index contributed by atoms with van der Waals surface area (Å²) in [6, 6.07) is 13.5. The zero-order valence-electron chi connectivity index (χ0n) is 21.1. The summed E-state index contributed by atoms with van der Waals surface area (Å²) in [7, 11) is 0. The second-order valence-corrected chi connectivity index (χ2v) is 11.0. The van der Waals surface area contributed by atoms with E-state index in [0.717, 1.165) is 4.47 Å². The Labute approximate surface area is 231 Å². The second-order valence-electron chi connectivity index (χ2n) is 10.1. The predicted molar refractivity (Wildman–Crippen MR) is 142 cm³/mol. The van der Waals surface area contributed by atoms with Crippen molar-refractivity contribution >= 4 is 27.4 Å². The van der Waals surface area contributed by atoms with Crippen LogP contribution in [-0.2, 0) is 16.1 Å². The quantitative estimate of drug-likeness (QED) is 0.309. The fraction of sp³-hybridized carbons (Fsp3) is 0.259. The van der Waals surface area contributed by atoms with Gasteiger partial charge in [-0.2, -0.15) is 5.26 Å². The van der Waals surface area contributed by atoms with Crippen LogP contribution in [-0.4, -0.2) is 25.7 Å². The highest BCUT2D eigenvalue weighted by atomic mass is 79.9. The van der Waals surface area contributed by atoms with Crippen LogP contribution >= 0.6 is 15.9 Å². The van der Waals surface area contributed by atoms with E-state index in [1.54, 1.807) is 36.5 Å². The molecule has 1 aliphatic carbocycles. The number of nitro benzene ring substituents is 1. The van der Waals surface area contributed by atoms with Gasteiger partial charge in [0.1, 0.15) is 35.5 Å². The molecule has 0 spiro atoms. The number of allylic oxidation sites excluding steroid dienone is 3. The Morgan fingerprint density at radius 3 is 2.85 bits per heavy atom. The molecule has 198 valence electrons. The normalized spacial score (nSPS) is 18.3. The summed E-state index contributed by atoms with van der Waals surface area (Å²) in [5.74, 6) is 0.0221. The Hall–Kier alpha value is -4.50. The molecule has 5 rings (SSSR count). The van der Waals surface area contributed by atoms with Gasteiger partial charge in [-0.15, -0.1) is 5.10 Å². The van der Waals surface area contributed by atoms with E-state index in [1.165, 1.54) is 16.8 Å². The third-order valence-electron chi connectivity index (χ3n) is 6.58. The molecule has 2 heterocycles. The minimum Gasteiger partial charge on any atom is -0.487 e. The fourth-order valence-corrected chi connectivity index (χ4v) is 5.24. The van der Waals surface area contributed by atoms with Gasteiger partial charge in [0.15, 0.2) is 5.78 Å². The topological polar surface area (TPSA) is 159 Å². The number of hydrogen-bond donors (Lipinski definition) is 1. The highest BCUT2D eigenvalue weighted by Gasteiger charge is 2.43. The summed E-state index contributed by atoms with van der Waals surface area (Å²) in [4.78, 5) is 24.0. The van der Waals surface area contributed by atoms with E-state index in [4.69, 9.17) is 15.2 Å². The van der Waals surface area contributed by atoms with Crippen LogP contribution in [0.2, 0.25) is 0 Å². The number of benzene rings is 2. The largest absolute Gasteiger partial charge is 0.487 e. The molecule has 1 atom stereocenters. The minimum absolute atomic E-state index is 0.0146. The van der Waals surface area contributed by atoms with Crippen molar-refractivity contribution in [2.45, 2.75) is 39.2 Å².